The molecule has 21 heavy (non-hydrogen) atoms. The van der Waals surface area contributed by atoms with Gasteiger partial charge in [-0.3, -0.25) is 10.0 Å². The number of carboxylic acids is 1. The topological polar surface area (TPSA) is 153 Å². The highest BCUT2D eigenvalue weighted by atomic mass is 16.4. The summed E-state index contributed by atoms with van der Waals surface area (Å²) in [5.74, 6) is -1.63. The molecule has 0 radical (unpaired) electrons. The third kappa shape index (κ3) is 4.62. The summed E-state index contributed by atoms with van der Waals surface area (Å²) in [6.45, 7) is -0.680. The lowest BCUT2D eigenvalue weighted by Gasteiger charge is -2.19. The first-order valence-electron chi connectivity index (χ1n) is 5.67. The number of carboxylic acid groups (broad SMARTS) is 1. The minimum absolute atomic E-state index is 0.0409. The molecule has 1 aromatic carbocycles. The highest BCUT2D eigenvalue weighted by molar-refractivity contribution is 5.97. The van der Waals surface area contributed by atoms with Crippen molar-refractivity contribution in [2.75, 3.05) is 18.5 Å². The zero-order valence-corrected chi connectivity index (χ0v) is 11.1. The fourth-order valence-corrected chi connectivity index (χ4v) is 1.47. The van der Waals surface area contributed by atoms with Gasteiger partial charge in [0.25, 0.3) is 0 Å². The van der Waals surface area contributed by atoms with E-state index in [4.69, 9.17) is 15.7 Å². The highest BCUT2D eigenvalue weighted by Gasteiger charge is 2.13. The molecule has 3 N–H and O–H groups in total. The molecule has 0 aliphatic carbocycles. The fraction of sp³-hybridized carbons (Fsp3) is 0.273. The molecule has 0 aliphatic heterocycles. The van der Waals surface area contributed by atoms with Crippen LogP contribution in [0.15, 0.2) is 33.9 Å². The molecule has 0 spiro atoms. The fourth-order valence-electron chi connectivity index (χ4n) is 1.47. The Balaban J connectivity index is 2.90. The first kappa shape index (κ1) is 16.2. The van der Waals surface area contributed by atoms with Gasteiger partial charge in [-0.1, -0.05) is 0 Å². The van der Waals surface area contributed by atoms with Gasteiger partial charge in [0.15, 0.2) is 0 Å². The second kappa shape index (κ2) is 7.65. The summed E-state index contributed by atoms with van der Waals surface area (Å²) in [4.78, 5) is 24.0. The van der Waals surface area contributed by atoms with Crippen LogP contribution < -0.4 is 4.90 Å². The molecule has 10 nitrogen and oxygen atoms in total. The van der Waals surface area contributed by atoms with E-state index < -0.39 is 11.9 Å². The SMILES string of the molecule is CN(C(=O)C[N-]/N=N/N=N)c1cc(CO)cc(C(=O)O)c1. The van der Waals surface area contributed by atoms with E-state index in [1.807, 2.05) is 0 Å². The minimum atomic E-state index is -1.16. The molecule has 0 unspecified atom stereocenters. The van der Waals surface area contributed by atoms with Crippen molar-refractivity contribution in [2.45, 2.75) is 6.61 Å². The van der Waals surface area contributed by atoms with Crippen molar-refractivity contribution in [1.82, 2.24) is 0 Å². The zero-order valence-electron chi connectivity index (χ0n) is 11.1. The van der Waals surface area contributed by atoms with Crippen molar-refractivity contribution in [3.63, 3.8) is 0 Å². The van der Waals surface area contributed by atoms with E-state index in [0.717, 1.165) is 0 Å². The number of aliphatic hydroxyl groups excluding tert-OH is 1. The minimum Gasteiger partial charge on any atom is -0.478 e. The molecule has 0 heterocycles. The smallest absolute Gasteiger partial charge is 0.335 e. The summed E-state index contributed by atoms with van der Waals surface area (Å²) in [5.41, 5.74) is 10.4. The number of benzene rings is 1. The summed E-state index contributed by atoms with van der Waals surface area (Å²) in [6.07, 6.45) is 0. The first-order valence-corrected chi connectivity index (χ1v) is 5.67. The lowest BCUT2D eigenvalue weighted by atomic mass is 10.1. The average Bonchev–Trinajstić information content (AvgIpc) is 2.49. The lowest BCUT2D eigenvalue weighted by Crippen LogP contribution is -2.28. The van der Waals surface area contributed by atoms with E-state index in [2.05, 4.69) is 21.1 Å². The Kier molecular flexibility index (Phi) is 5.89. The molecule has 1 rings (SSSR count). The maximum Gasteiger partial charge on any atom is 0.335 e. The van der Waals surface area contributed by atoms with Gasteiger partial charge in [-0.05, 0) is 23.8 Å². The van der Waals surface area contributed by atoms with Crippen LogP contribution in [0.3, 0.4) is 0 Å². The number of aliphatic hydroxyl groups is 1. The quantitative estimate of drug-likeness (QED) is 0.515. The van der Waals surface area contributed by atoms with Gasteiger partial charge in [-0.25, -0.2) is 15.5 Å². The largest absolute Gasteiger partial charge is 0.478 e. The molecule has 112 valence electrons. The third-order valence-electron chi connectivity index (χ3n) is 2.52. The van der Waals surface area contributed by atoms with Gasteiger partial charge in [-0.15, -0.1) is 5.22 Å². The van der Waals surface area contributed by atoms with Gasteiger partial charge in [-0.2, -0.15) is 0 Å². The normalized spacial score (nSPS) is 10.4. The number of anilines is 1. The van der Waals surface area contributed by atoms with Crippen molar-refractivity contribution in [2.24, 2.45) is 15.7 Å². The lowest BCUT2D eigenvalue weighted by molar-refractivity contribution is -0.116. The van der Waals surface area contributed by atoms with Crippen LogP contribution in [0, 0.1) is 5.53 Å². The van der Waals surface area contributed by atoms with Crippen LogP contribution in [0.4, 0.5) is 5.69 Å². The third-order valence-corrected chi connectivity index (χ3v) is 2.52. The van der Waals surface area contributed by atoms with Crippen molar-refractivity contribution in [3.05, 3.63) is 34.8 Å². The second-order valence-electron chi connectivity index (χ2n) is 3.88. The molecule has 0 saturated carbocycles. The maximum absolute atomic E-state index is 11.8. The maximum atomic E-state index is 11.8. The Hall–Kier alpha value is -2.88. The Labute approximate surface area is 119 Å². The summed E-state index contributed by atoms with van der Waals surface area (Å²) in [5, 5.41) is 26.7. The predicted molar refractivity (Wildman–Crippen MR) is 71.0 cm³/mol. The van der Waals surface area contributed by atoms with Crippen LogP contribution in [0.5, 0.6) is 0 Å². The molecular formula is C11H13N6O4-. The molecular weight excluding hydrogens is 280 g/mol. The monoisotopic (exact) mass is 293 g/mol. The average molecular weight is 293 g/mol. The zero-order chi connectivity index (χ0) is 15.8. The van der Waals surface area contributed by atoms with Crippen LogP contribution in [-0.4, -0.2) is 35.7 Å². The number of rotatable bonds is 7. The number of hydrogen-bond donors (Lipinski definition) is 3. The van der Waals surface area contributed by atoms with Crippen molar-refractivity contribution >= 4 is 17.6 Å². The van der Waals surface area contributed by atoms with Crippen molar-refractivity contribution < 1.29 is 19.8 Å². The van der Waals surface area contributed by atoms with Crippen LogP contribution in [-0.2, 0) is 11.4 Å². The summed E-state index contributed by atoms with van der Waals surface area (Å²) in [6, 6.07) is 4.11. The Morgan fingerprint density at radius 2 is 2.10 bits per heavy atom. The number of amides is 1. The molecule has 0 aliphatic rings. The van der Waals surface area contributed by atoms with E-state index in [9.17, 15) is 9.59 Å². The Morgan fingerprint density at radius 3 is 2.67 bits per heavy atom. The van der Waals surface area contributed by atoms with Gasteiger partial charge < -0.3 is 20.5 Å². The number of carbonyl (C=O) groups excluding carboxylic acids is 1. The molecule has 1 amide bonds. The molecule has 0 atom stereocenters. The highest BCUT2D eigenvalue weighted by Crippen LogP contribution is 2.19. The summed E-state index contributed by atoms with van der Waals surface area (Å²) >= 11 is 0. The molecule has 0 aromatic heterocycles. The van der Waals surface area contributed by atoms with Gasteiger partial charge in [0.2, 0.25) is 5.91 Å². The van der Waals surface area contributed by atoms with Gasteiger partial charge in [0, 0.05) is 19.3 Å². The van der Waals surface area contributed by atoms with E-state index in [1.165, 1.54) is 30.1 Å². The molecule has 10 heteroatoms. The molecule has 1 aromatic rings. The van der Waals surface area contributed by atoms with Crippen molar-refractivity contribution in [3.8, 4) is 0 Å². The van der Waals surface area contributed by atoms with Gasteiger partial charge >= 0.3 is 5.97 Å². The van der Waals surface area contributed by atoms with Crippen molar-refractivity contribution in [1.29, 1.82) is 5.53 Å². The van der Waals surface area contributed by atoms with E-state index in [1.54, 1.807) is 0 Å². The van der Waals surface area contributed by atoms with E-state index >= 15 is 0 Å². The van der Waals surface area contributed by atoms with Crippen LogP contribution in [0.25, 0.3) is 5.43 Å². The van der Waals surface area contributed by atoms with E-state index in [0.29, 0.717) is 11.3 Å². The van der Waals surface area contributed by atoms with E-state index in [-0.39, 0.29) is 18.7 Å². The number of nitrogens with zero attached hydrogens (tertiary/aromatic N) is 5. The first-order chi connectivity index (χ1) is 9.99. The van der Waals surface area contributed by atoms with Crippen LogP contribution in [0.2, 0.25) is 0 Å². The van der Waals surface area contributed by atoms with Crippen LogP contribution in [0.1, 0.15) is 15.9 Å². The number of carbonyl (C=O) groups is 2. The summed E-state index contributed by atoms with van der Waals surface area (Å²) in [7, 11) is 1.44. The van der Waals surface area contributed by atoms with Crippen LogP contribution >= 0.6 is 0 Å². The predicted octanol–water partition coefficient (Wildman–Crippen LogP) is 1.53. The number of likely N-dealkylation sites (N-methyl/N-ethyl adjacent to an activating group) is 1. The van der Waals surface area contributed by atoms with Gasteiger partial charge in [0.1, 0.15) is 0 Å². The Morgan fingerprint density at radius 1 is 1.38 bits per heavy atom. The second-order valence-corrected chi connectivity index (χ2v) is 3.88. The number of nitrogens with one attached hydrogen (secondary N) is 1. The molecule has 0 saturated heterocycles. The number of hydrogen-bond acceptors (Lipinski definition) is 5. The standard InChI is InChI=1S/C11H14N6O4/c1-17(10(19)5-13-15-16-14-12)9-3-7(6-18)2-8(4-9)11(20)21/h2-4,18H,5-6H2,1H3,(H3,12,13,16,20,21)/p-1. The molecule has 0 fully saturated rings. The summed E-state index contributed by atoms with van der Waals surface area (Å²) < 4.78 is 0. The Bertz CT molecular complexity index is 574. The van der Waals surface area contributed by atoms with Gasteiger partial charge in [0.05, 0.1) is 12.2 Å². The molecule has 0 bridgehead atoms. The number of aromatic carboxylic acids is 1.